The summed E-state index contributed by atoms with van der Waals surface area (Å²) >= 11 is 0. The Bertz CT molecular complexity index is 2910. The van der Waals surface area contributed by atoms with Crippen LogP contribution in [0.3, 0.4) is 0 Å². The summed E-state index contributed by atoms with van der Waals surface area (Å²) in [5, 5.41) is 36.5. The summed E-state index contributed by atoms with van der Waals surface area (Å²) in [5.41, 5.74) is 4.17. The van der Waals surface area contributed by atoms with Crippen molar-refractivity contribution in [1.29, 1.82) is 0 Å². The molecule has 4 N–H and O–H groups in total. The number of H-pyrrole nitrogens is 2. The number of ether oxygens (including phenoxy) is 5. The monoisotopic (exact) mass is 890 g/mol. The molecule has 10 rings (SSSR count). The molecule has 340 valence electrons. The molecule has 65 heavy (non-hydrogen) atoms. The van der Waals surface area contributed by atoms with Gasteiger partial charge in [-0.25, -0.2) is 8.78 Å². The van der Waals surface area contributed by atoms with Crippen LogP contribution in [0.2, 0.25) is 0 Å². The Hall–Kier alpha value is -6.82. The van der Waals surface area contributed by atoms with Crippen molar-refractivity contribution in [1.82, 2.24) is 40.2 Å². The minimum absolute atomic E-state index is 0.0585. The molecule has 4 aromatic carbocycles. The molecule has 0 radical (unpaired) electrons. The number of halogens is 2. The Morgan fingerprint density at radius 1 is 0.585 bits per heavy atom. The van der Waals surface area contributed by atoms with Gasteiger partial charge in [0, 0.05) is 58.4 Å². The van der Waals surface area contributed by atoms with E-state index in [1.807, 2.05) is 13.8 Å². The zero-order valence-electron chi connectivity index (χ0n) is 36.8. The first kappa shape index (κ1) is 44.8. The number of rotatable bonds is 12. The van der Waals surface area contributed by atoms with Gasteiger partial charge in [0.1, 0.15) is 17.6 Å². The fourth-order valence-corrected chi connectivity index (χ4v) is 8.10. The topological polar surface area (TPSA) is 176 Å². The number of aryl methyl sites for hydroxylation is 2. The highest BCUT2D eigenvalue weighted by atomic mass is 19.1. The molecule has 2 fully saturated rings. The van der Waals surface area contributed by atoms with Crippen molar-refractivity contribution in [3.63, 3.8) is 0 Å². The Labute approximate surface area is 373 Å². The number of aliphatic hydroxyl groups excluding tert-OH is 1. The van der Waals surface area contributed by atoms with Crippen LogP contribution in [-0.2, 0) is 0 Å². The first-order valence-corrected chi connectivity index (χ1v) is 21.6. The maximum Gasteiger partial charge on any atom is 0.175 e. The molecule has 2 aliphatic heterocycles. The molecule has 0 amide bonds. The van der Waals surface area contributed by atoms with Gasteiger partial charge in [0.15, 0.2) is 57.6 Å². The number of benzene rings is 4. The molecule has 17 heteroatoms. The van der Waals surface area contributed by atoms with Gasteiger partial charge >= 0.3 is 0 Å². The number of aromatic hydroxyl groups is 1. The van der Waals surface area contributed by atoms with Gasteiger partial charge in [0.2, 0.25) is 0 Å². The van der Waals surface area contributed by atoms with Gasteiger partial charge in [-0.15, -0.1) is 0 Å². The molecule has 0 saturated carbocycles. The maximum absolute atomic E-state index is 15.0. The van der Waals surface area contributed by atoms with E-state index in [2.05, 4.69) is 40.2 Å². The fraction of sp³-hybridized carbons (Fsp3) is 0.333. The van der Waals surface area contributed by atoms with Crippen LogP contribution in [0.15, 0.2) is 73.1 Å². The standard InChI is InChI=1S/C24H25FN4O3.C18H14FN3O3.C6H13NO/c1-15-11-17-18(27-15)5-6-20(24(17)25)32-23-14-26-28-19-13-22(21(30-2)12-16(19)23)31-10-9-29-7-3-4-8-29;1-9-5-11-12(21-9)3-4-15(18(11)19)25-17-8-20-22-13-7-14(23)16(24-2)6-10(13)17;8-6-5-7-3-1-2-4-7/h5-6,11-14,27H,3-4,7-10H2,1-2H3;3-8,21,23H,1-2H3;8H,1-6H2. The zero-order valence-corrected chi connectivity index (χ0v) is 36.8. The van der Waals surface area contributed by atoms with E-state index in [0.29, 0.717) is 74.3 Å². The van der Waals surface area contributed by atoms with E-state index >= 15 is 4.39 Å². The van der Waals surface area contributed by atoms with Gasteiger partial charge < -0.3 is 48.8 Å². The Balaban J connectivity index is 0.000000155. The molecule has 0 bridgehead atoms. The van der Waals surface area contributed by atoms with Crippen LogP contribution >= 0.6 is 0 Å². The third kappa shape index (κ3) is 10.3. The van der Waals surface area contributed by atoms with E-state index in [4.69, 9.17) is 28.8 Å². The predicted octanol–water partition coefficient (Wildman–Crippen LogP) is 8.97. The summed E-state index contributed by atoms with van der Waals surface area (Å²) in [4.78, 5) is 10.9. The quantitative estimate of drug-likeness (QED) is 0.0916. The highest BCUT2D eigenvalue weighted by molar-refractivity contribution is 5.89. The van der Waals surface area contributed by atoms with Crippen LogP contribution in [0.5, 0.6) is 46.0 Å². The first-order chi connectivity index (χ1) is 31.6. The number of likely N-dealkylation sites (tertiary alicyclic amines) is 2. The van der Waals surface area contributed by atoms with Crippen molar-refractivity contribution >= 4 is 43.6 Å². The van der Waals surface area contributed by atoms with E-state index in [1.165, 1.54) is 64.3 Å². The molecule has 6 heterocycles. The van der Waals surface area contributed by atoms with Crippen LogP contribution in [0.1, 0.15) is 37.1 Å². The lowest BCUT2D eigenvalue weighted by Crippen LogP contribution is -2.25. The lowest BCUT2D eigenvalue weighted by Gasteiger charge is -2.17. The smallest absolute Gasteiger partial charge is 0.175 e. The number of fused-ring (bicyclic) bond motifs is 4. The van der Waals surface area contributed by atoms with Crippen molar-refractivity contribution in [3.8, 4) is 46.0 Å². The van der Waals surface area contributed by atoms with Crippen LogP contribution < -0.4 is 23.7 Å². The number of aliphatic hydroxyl groups is 1. The summed E-state index contributed by atoms with van der Waals surface area (Å²) in [6.07, 6.45) is 8.00. The number of phenolic OH excluding ortho intramolecular Hbond substituents is 1. The van der Waals surface area contributed by atoms with Gasteiger partial charge in [-0.2, -0.15) is 20.4 Å². The third-order valence-corrected chi connectivity index (χ3v) is 11.4. The highest BCUT2D eigenvalue weighted by Gasteiger charge is 2.19. The number of hydrogen-bond acceptors (Lipinski definition) is 13. The molecule has 2 aliphatic rings. The lowest BCUT2D eigenvalue weighted by atomic mass is 10.2. The summed E-state index contributed by atoms with van der Waals surface area (Å²) < 4.78 is 58.1. The third-order valence-electron chi connectivity index (χ3n) is 11.4. The average molecular weight is 891 g/mol. The van der Waals surface area contributed by atoms with Gasteiger partial charge in [0.05, 0.1) is 44.0 Å². The number of aromatic amines is 2. The van der Waals surface area contributed by atoms with Crippen molar-refractivity contribution in [2.75, 3.05) is 66.7 Å². The maximum atomic E-state index is 15.0. The molecule has 0 atom stereocenters. The SMILES string of the molecule is COc1cc2c(Oc3ccc4[nH]c(C)cc4c3F)cnnc2cc1O.COc1cc2c(Oc3ccc4[nH]c(C)cc4c3F)cnnc2cc1OCCN1CCCC1.OCCN1CCCC1. The molecule has 0 aliphatic carbocycles. The highest BCUT2D eigenvalue weighted by Crippen LogP contribution is 2.39. The number of aromatic nitrogens is 6. The van der Waals surface area contributed by atoms with Crippen molar-refractivity contribution in [3.05, 3.63) is 96.1 Å². The summed E-state index contributed by atoms with van der Waals surface area (Å²) in [7, 11) is 3.03. The van der Waals surface area contributed by atoms with Crippen molar-refractivity contribution in [2.24, 2.45) is 0 Å². The van der Waals surface area contributed by atoms with E-state index in [1.54, 1.807) is 61.7 Å². The Morgan fingerprint density at radius 3 is 1.58 bits per heavy atom. The second kappa shape index (κ2) is 20.3. The van der Waals surface area contributed by atoms with E-state index in [9.17, 15) is 9.50 Å². The second-order valence-electron chi connectivity index (χ2n) is 15.9. The van der Waals surface area contributed by atoms with Gasteiger partial charge in [-0.3, -0.25) is 4.90 Å². The lowest BCUT2D eigenvalue weighted by molar-refractivity contribution is 0.221. The number of methoxy groups -OCH3 is 2. The van der Waals surface area contributed by atoms with Gasteiger partial charge in [-0.05, 0) is 114 Å². The largest absolute Gasteiger partial charge is 0.504 e. The second-order valence-corrected chi connectivity index (χ2v) is 15.9. The van der Waals surface area contributed by atoms with Crippen molar-refractivity contribution in [2.45, 2.75) is 39.5 Å². The average Bonchev–Trinajstić information content (AvgIpc) is 4.15. The van der Waals surface area contributed by atoms with Crippen LogP contribution in [0, 0.1) is 25.5 Å². The van der Waals surface area contributed by atoms with E-state index in [-0.39, 0.29) is 23.0 Å². The molecular weight excluding hydrogens is 839 g/mol. The summed E-state index contributed by atoms with van der Waals surface area (Å²) in [6, 6.07) is 16.8. The Morgan fingerprint density at radius 2 is 1.08 bits per heavy atom. The van der Waals surface area contributed by atoms with Gasteiger partial charge in [0.25, 0.3) is 0 Å². The number of nitrogens with zero attached hydrogens (tertiary/aromatic N) is 6. The molecule has 15 nitrogen and oxygen atoms in total. The summed E-state index contributed by atoms with van der Waals surface area (Å²) in [5.74, 6) is 1.39. The van der Waals surface area contributed by atoms with Crippen LogP contribution in [0.25, 0.3) is 43.6 Å². The molecular formula is C48H52F2N8O7. The Kier molecular flexibility index (Phi) is 14.0. The molecule has 8 aromatic rings. The van der Waals surface area contributed by atoms with E-state index in [0.717, 1.165) is 43.1 Å². The number of nitrogens with one attached hydrogen (secondary N) is 2. The minimum Gasteiger partial charge on any atom is -0.504 e. The number of hydrogen-bond donors (Lipinski definition) is 4. The molecule has 0 spiro atoms. The fourth-order valence-electron chi connectivity index (χ4n) is 8.10. The van der Waals surface area contributed by atoms with Crippen molar-refractivity contribution < 1.29 is 42.7 Å². The van der Waals surface area contributed by atoms with Crippen LogP contribution in [-0.4, -0.2) is 117 Å². The van der Waals surface area contributed by atoms with Crippen LogP contribution in [0.4, 0.5) is 8.78 Å². The summed E-state index contributed by atoms with van der Waals surface area (Å²) in [6.45, 7) is 11.0. The number of β-amino-alcohol motifs (C(OH)–C–C–N with tert-alkyl or cyclic N) is 1. The normalized spacial score (nSPS) is 14.1. The molecule has 2 saturated heterocycles. The molecule has 4 aromatic heterocycles. The molecule has 0 unspecified atom stereocenters. The van der Waals surface area contributed by atoms with Gasteiger partial charge in [-0.1, -0.05) is 0 Å². The minimum atomic E-state index is -0.461. The zero-order chi connectivity index (χ0) is 45.5. The van der Waals surface area contributed by atoms with E-state index < -0.39 is 11.6 Å². The predicted molar refractivity (Wildman–Crippen MR) is 244 cm³/mol. The first-order valence-electron chi connectivity index (χ1n) is 21.6. The number of phenols is 1.